The fraction of sp³-hybridized carbons (Fsp3) is 0.455. The molecule has 76 valence electrons. The minimum atomic E-state index is -1.23. The summed E-state index contributed by atoms with van der Waals surface area (Å²) in [5.41, 5.74) is -0.475. The van der Waals surface area contributed by atoms with Crippen molar-refractivity contribution >= 4 is 15.9 Å². The van der Waals surface area contributed by atoms with Crippen LogP contribution in [0.4, 0.5) is 4.39 Å². The van der Waals surface area contributed by atoms with Crippen LogP contribution in [0.3, 0.4) is 0 Å². The van der Waals surface area contributed by atoms with Crippen LogP contribution in [0.2, 0.25) is 0 Å². The quantitative estimate of drug-likeness (QED) is 0.860. The Morgan fingerprint density at radius 2 is 2.07 bits per heavy atom. The standard InChI is InChI=1S/C11H13BrFN/c1-11(13,8-6-14-7-8)9-4-2-3-5-10(9)12/h2-5,8,14H,6-7H2,1H3. The Balaban J connectivity index is 2.32. The number of benzene rings is 1. The molecule has 0 amide bonds. The maximum Gasteiger partial charge on any atom is 0.139 e. The van der Waals surface area contributed by atoms with Gasteiger partial charge in [-0.25, -0.2) is 4.39 Å². The second-order valence-corrected chi connectivity index (χ2v) is 4.76. The third kappa shape index (κ3) is 1.59. The minimum Gasteiger partial charge on any atom is -0.316 e. The number of hydrogen-bond donors (Lipinski definition) is 1. The van der Waals surface area contributed by atoms with E-state index in [0.717, 1.165) is 23.1 Å². The number of halogens is 2. The van der Waals surface area contributed by atoms with E-state index in [4.69, 9.17) is 0 Å². The van der Waals surface area contributed by atoms with Crippen LogP contribution in [-0.2, 0) is 5.67 Å². The smallest absolute Gasteiger partial charge is 0.139 e. The van der Waals surface area contributed by atoms with Crippen LogP contribution in [-0.4, -0.2) is 13.1 Å². The monoisotopic (exact) mass is 257 g/mol. The van der Waals surface area contributed by atoms with Crippen molar-refractivity contribution in [3.63, 3.8) is 0 Å². The van der Waals surface area contributed by atoms with Gasteiger partial charge in [0.05, 0.1) is 0 Å². The number of alkyl halides is 1. The van der Waals surface area contributed by atoms with Crippen LogP contribution in [0.1, 0.15) is 12.5 Å². The van der Waals surface area contributed by atoms with E-state index in [0.29, 0.717) is 0 Å². The predicted octanol–water partition coefficient (Wildman–Crippen LogP) is 2.85. The zero-order valence-corrected chi connectivity index (χ0v) is 9.64. The van der Waals surface area contributed by atoms with Crippen molar-refractivity contribution in [2.24, 2.45) is 5.92 Å². The van der Waals surface area contributed by atoms with Crippen LogP contribution in [0, 0.1) is 5.92 Å². The van der Waals surface area contributed by atoms with Gasteiger partial charge in [-0.1, -0.05) is 34.1 Å². The first-order chi connectivity index (χ1) is 6.62. The molecule has 1 nitrogen and oxygen atoms in total. The van der Waals surface area contributed by atoms with Crippen molar-refractivity contribution in [1.82, 2.24) is 5.32 Å². The summed E-state index contributed by atoms with van der Waals surface area (Å²) in [7, 11) is 0. The number of hydrogen-bond acceptors (Lipinski definition) is 1. The average molecular weight is 258 g/mol. The van der Waals surface area contributed by atoms with Crippen LogP contribution in [0.15, 0.2) is 28.7 Å². The molecule has 2 rings (SSSR count). The summed E-state index contributed by atoms with van der Waals surface area (Å²) >= 11 is 3.39. The summed E-state index contributed by atoms with van der Waals surface area (Å²) < 4.78 is 15.3. The topological polar surface area (TPSA) is 12.0 Å². The second-order valence-electron chi connectivity index (χ2n) is 3.91. The van der Waals surface area contributed by atoms with Gasteiger partial charge in [-0.05, 0) is 13.0 Å². The molecule has 1 aliphatic rings. The maximum atomic E-state index is 14.5. The Hall–Kier alpha value is -0.410. The molecule has 1 N–H and O–H groups in total. The highest BCUT2D eigenvalue weighted by Gasteiger charge is 2.40. The van der Waals surface area contributed by atoms with Gasteiger partial charge in [0, 0.05) is 29.0 Å². The molecule has 0 bridgehead atoms. The van der Waals surface area contributed by atoms with Gasteiger partial charge in [0.1, 0.15) is 5.67 Å². The largest absolute Gasteiger partial charge is 0.316 e. The molecule has 1 saturated heterocycles. The molecule has 0 aromatic heterocycles. The number of nitrogens with one attached hydrogen (secondary N) is 1. The van der Waals surface area contributed by atoms with Gasteiger partial charge in [0.15, 0.2) is 0 Å². The van der Waals surface area contributed by atoms with Gasteiger partial charge in [-0.2, -0.15) is 0 Å². The number of rotatable bonds is 2. The van der Waals surface area contributed by atoms with Crippen molar-refractivity contribution in [2.75, 3.05) is 13.1 Å². The van der Waals surface area contributed by atoms with Gasteiger partial charge in [0.25, 0.3) is 0 Å². The van der Waals surface area contributed by atoms with E-state index < -0.39 is 5.67 Å². The van der Waals surface area contributed by atoms with E-state index in [9.17, 15) is 4.39 Å². The molecule has 1 aromatic rings. The lowest BCUT2D eigenvalue weighted by atomic mass is 9.81. The molecule has 1 aromatic carbocycles. The zero-order valence-electron chi connectivity index (χ0n) is 8.06. The summed E-state index contributed by atoms with van der Waals surface area (Å²) in [6, 6.07) is 7.52. The van der Waals surface area contributed by atoms with Crippen LogP contribution < -0.4 is 5.32 Å². The van der Waals surface area contributed by atoms with E-state index in [-0.39, 0.29) is 5.92 Å². The molecule has 1 fully saturated rings. The molecule has 3 heteroatoms. The lowest BCUT2D eigenvalue weighted by Crippen LogP contribution is -2.51. The highest BCUT2D eigenvalue weighted by atomic mass is 79.9. The normalized spacial score (nSPS) is 21.4. The summed E-state index contributed by atoms with van der Waals surface area (Å²) in [6.45, 7) is 3.21. The minimum absolute atomic E-state index is 0.0983. The fourth-order valence-corrected chi connectivity index (χ4v) is 2.42. The van der Waals surface area contributed by atoms with Crippen LogP contribution >= 0.6 is 15.9 Å². The molecule has 1 aliphatic heterocycles. The van der Waals surface area contributed by atoms with Crippen LogP contribution in [0.5, 0.6) is 0 Å². The Kier molecular flexibility index (Phi) is 2.62. The lowest BCUT2D eigenvalue weighted by Gasteiger charge is -2.38. The first kappa shape index (κ1) is 10.1. The Morgan fingerprint density at radius 1 is 1.43 bits per heavy atom. The lowest BCUT2D eigenvalue weighted by molar-refractivity contribution is 0.0624. The molecule has 0 aliphatic carbocycles. The maximum absolute atomic E-state index is 14.5. The molecule has 0 spiro atoms. The van der Waals surface area contributed by atoms with Crippen molar-refractivity contribution < 1.29 is 4.39 Å². The van der Waals surface area contributed by atoms with Gasteiger partial charge in [-0.3, -0.25) is 0 Å². The van der Waals surface area contributed by atoms with Crippen molar-refractivity contribution in [3.05, 3.63) is 34.3 Å². The molecule has 1 atom stereocenters. The van der Waals surface area contributed by atoms with E-state index in [1.54, 1.807) is 6.92 Å². The molecular weight excluding hydrogens is 245 g/mol. The van der Waals surface area contributed by atoms with Gasteiger partial charge >= 0.3 is 0 Å². The highest BCUT2D eigenvalue weighted by molar-refractivity contribution is 9.10. The van der Waals surface area contributed by atoms with Gasteiger partial charge < -0.3 is 5.32 Å². The molecule has 1 heterocycles. The van der Waals surface area contributed by atoms with Crippen molar-refractivity contribution in [2.45, 2.75) is 12.6 Å². The first-order valence-corrected chi connectivity index (χ1v) is 5.56. The predicted molar refractivity (Wildman–Crippen MR) is 59.0 cm³/mol. The molecule has 1 unspecified atom stereocenters. The molecule has 0 radical (unpaired) electrons. The van der Waals surface area contributed by atoms with Crippen molar-refractivity contribution in [3.8, 4) is 0 Å². The Morgan fingerprint density at radius 3 is 2.57 bits per heavy atom. The third-order valence-corrected chi connectivity index (χ3v) is 3.64. The molecular formula is C11H13BrFN. The SMILES string of the molecule is CC(F)(c1ccccc1Br)C1CNC1. The summed E-state index contributed by atoms with van der Waals surface area (Å²) in [6.07, 6.45) is 0. The molecule has 14 heavy (non-hydrogen) atoms. The zero-order chi connectivity index (χ0) is 10.2. The Bertz CT molecular complexity index is 334. The second kappa shape index (κ2) is 3.63. The van der Waals surface area contributed by atoms with E-state index in [1.807, 2.05) is 24.3 Å². The first-order valence-electron chi connectivity index (χ1n) is 4.77. The van der Waals surface area contributed by atoms with Gasteiger partial charge in [0.2, 0.25) is 0 Å². The Labute approximate surface area is 91.8 Å². The van der Waals surface area contributed by atoms with E-state index in [2.05, 4.69) is 21.2 Å². The summed E-state index contributed by atoms with van der Waals surface area (Å²) in [5.74, 6) is 0.0983. The molecule has 0 saturated carbocycles. The summed E-state index contributed by atoms with van der Waals surface area (Å²) in [4.78, 5) is 0. The summed E-state index contributed by atoms with van der Waals surface area (Å²) in [5, 5.41) is 3.10. The van der Waals surface area contributed by atoms with Crippen LogP contribution in [0.25, 0.3) is 0 Å². The highest BCUT2D eigenvalue weighted by Crippen LogP contribution is 2.39. The fourth-order valence-electron chi connectivity index (χ4n) is 1.75. The van der Waals surface area contributed by atoms with Gasteiger partial charge in [-0.15, -0.1) is 0 Å². The van der Waals surface area contributed by atoms with E-state index >= 15 is 0 Å². The average Bonchev–Trinajstić information content (AvgIpc) is 2.00. The van der Waals surface area contributed by atoms with Crippen molar-refractivity contribution in [1.29, 1.82) is 0 Å². The van der Waals surface area contributed by atoms with E-state index in [1.165, 1.54) is 0 Å². The third-order valence-electron chi connectivity index (χ3n) is 2.95.